The summed E-state index contributed by atoms with van der Waals surface area (Å²) < 4.78 is 0. The lowest BCUT2D eigenvalue weighted by atomic mass is 9.89. The van der Waals surface area contributed by atoms with Crippen LogP contribution >= 0.6 is 11.8 Å². The smallest absolute Gasteiger partial charge is 0.0650 e. The van der Waals surface area contributed by atoms with E-state index >= 15 is 0 Å². The lowest BCUT2D eigenvalue weighted by molar-refractivity contribution is 0.315. The Morgan fingerprint density at radius 2 is 1.94 bits per heavy atom. The second-order valence-electron chi connectivity index (χ2n) is 6.73. The van der Waals surface area contributed by atoms with Crippen LogP contribution < -0.4 is 5.32 Å². The summed E-state index contributed by atoms with van der Waals surface area (Å²) >= 11 is 2.19. The van der Waals surface area contributed by atoms with Gasteiger partial charge in [-0.05, 0) is 44.9 Å². The molecular formula is C14H27NS. The van der Waals surface area contributed by atoms with Crippen molar-refractivity contribution in [2.45, 2.75) is 70.2 Å². The SMILES string of the molecule is CC(C)C1CCCC2(CC1)NC(C)(C)CS2. The quantitative estimate of drug-likeness (QED) is 0.744. The minimum atomic E-state index is 0.350. The minimum Gasteiger partial charge on any atom is -0.297 e. The van der Waals surface area contributed by atoms with Gasteiger partial charge in [0.1, 0.15) is 0 Å². The highest BCUT2D eigenvalue weighted by Gasteiger charge is 2.43. The summed E-state index contributed by atoms with van der Waals surface area (Å²) in [5.41, 5.74) is 0.350. The highest BCUT2D eigenvalue weighted by atomic mass is 32.2. The fourth-order valence-corrected chi connectivity index (χ4v) is 4.89. The summed E-state index contributed by atoms with van der Waals surface area (Å²) in [7, 11) is 0. The van der Waals surface area contributed by atoms with Crippen LogP contribution in [0.3, 0.4) is 0 Å². The third-order valence-corrected chi connectivity index (χ3v) is 6.22. The van der Waals surface area contributed by atoms with Crippen LogP contribution in [-0.4, -0.2) is 16.2 Å². The summed E-state index contributed by atoms with van der Waals surface area (Å²) in [6.45, 7) is 9.47. The summed E-state index contributed by atoms with van der Waals surface area (Å²) in [6.07, 6.45) is 7.04. The Bertz CT molecular complexity index is 249. The molecule has 1 N–H and O–H groups in total. The number of nitrogens with one attached hydrogen (secondary N) is 1. The molecule has 1 spiro atoms. The van der Waals surface area contributed by atoms with Crippen LogP contribution in [0, 0.1) is 11.8 Å². The highest BCUT2D eigenvalue weighted by Crippen LogP contribution is 2.46. The summed E-state index contributed by atoms with van der Waals surface area (Å²) in [4.78, 5) is 0.424. The fourth-order valence-electron chi connectivity index (χ4n) is 3.28. The van der Waals surface area contributed by atoms with Crippen LogP contribution in [0.25, 0.3) is 0 Å². The van der Waals surface area contributed by atoms with Crippen molar-refractivity contribution in [3.8, 4) is 0 Å². The van der Waals surface area contributed by atoms with Crippen LogP contribution in [0.2, 0.25) is 0 Å². The van der Waals surface area contributed by atoms with Gasteiger partial charge < -0.3 is 0 Å². The first-order chi connectivity index (χ1) is 7.43. The van der Waals surface area contributed by atoms with E-state index in [1.165, 1.54) is 37.9 Å². The highest BCUT2D eigenvalue weighted by molar-refractivity contribution is 8.00. The van der Waals surface area contributed by atoms with Crippen molar-refractivity contribution in [1.82, 2.24) is 5.32 Å². The molecule has 0 aromatic rings. The molecule has 1 aliphatic heterocycles. The third-order valence-electron chi connectivity index (χ3n) is 4.29. The molecule has 2 heteroatoms. The van der Waals surface area contributed by atoms with Gasteiger partial charge in [0.05, 0.1) is 4.87 Å². The first-order valence-corrected chi connectivity index (χ1v) is 7.84. The van der Waals surface area contributed by atoms with Gasteiger partial charge in [-0.15, -0.1) is 11.8 Å². The Kier molecular flexibility index (Phi) is 3.61. The molecule has 16 heavy (non-hydrogen) atoms. The van der Waals surface area contributed by atoms with Crippen molar-refractivity contribution in [2.75, 3.05) is 5.75 Å². The van der Waals surface area contributed by atoms with Crippen molar-refractivity contribution in [1.29, 1.82) is 0 Å². The second-order valence-corrected chi connectivity index (χ2v) is 8.09. The van der Waals surface area contributed by atoms with Gasteiger partial charge in [0, 0.05) is 11.3 Å². The standard InChI is InChI=1S/C14H27NS/c1-11(2)12-6-5-8-14(9-7-12)15-13(3,4)10-16-14/h11-12,15H,5-10H2,1-4H3. The molecule has 2 aliphatic rings. The third kappa shape index (κ3) is 2.76. The summed E-state index contributed by atoms with van der Waals surface area (Å²) in [5, 5.41) is 3.91. The molecule has 1 nitrogen and oxygen atoms in total. The zero-order valence-corrected chi connectivity index (χ0v) is 12.1. The Labute approximate surface area is 105 Å². The van der Waals surface area contributed by atoms with Gasteiger partial charge in [-0.3, -0.25) is 5.32 Å². The number of hydrogen-bond donors (Lipinski definition) is 1. The minimum absolute atomic E-state index is 0.350. The zero-order valence-electron chi connectivity index (χ0n) is 11.3. The molecule has 0 aromatic heterocycles. The van der Waals surface area contributed by atoms with E-state index in [4.69, 9.17) is 0 Å². The van der Waals surface area contributed by atoms with E-state index in [9.17, 15) is 0 Å². The van der Waals surface area contributed by atoms with Crippen molar-refractivity contribution >= 4 is 11.8 Å². The van der Waals surface area contributed by atoms with Gasteiger partial charge in [-0.25, -0.2) is 0 Å². The number of rotatable bonds is 1. The summed E-state index contributed by atoms with van der Waals surface area (Å²) in [5.74, 6) is 3.11. The first kappa shape index (κ1) is 12.8. The largest absolute Gasteiger partial charge is 0.297 e. The predicted molar refractivity (Wildman–Crippen MR) is 73.8 cm³/mol. The van der Waals surface area contributed by atoms with E-state index in [0.29, 0.717) is 10.4 Å². The van der Waals surface area contributed by atoms with Crippen molar-refractivity contribution < 1.29 is 0 Å². The van der Waals surface area contributed by atoms with Crippen LogP contribution in [-0.2, 0) is 0 Å². The average molecular weight is 241 g/mol. The Morgan fingerprint density at radius 3 is 2.50 bits per heavy atom. The molecule has 2 rings (SSSR count). The van der Waals surface area contributed by atoms with Gasteiger partial charge in [0.25, 0.3) is 0 Å². The van der Waals surface area contributed by atoms with Gasteiger partial charge in [-0.1, -0.05) is 26.7 Å². The topological polar surface area (TPSA) is 12.0 Å². The first-order valence-electron chi connectivity index (χ1n) is 6.86. The van der Waals surface area contributed by atoms with Gasteiger partial charge in [0.2, 0.25) is 0 Å². The fraction of sp³-hybridized carbons (Fsp3) is 1.00. The van der Waals surface area contributed by atoms with E-state index in [-0.39, 0.29) is 0 Å². The predicted octanol–water partition coefficient (Wildman–Crippen LogP) is 4.03. The number of hydrogen-bond acceptors (Lipinski definition) is 2. The summed E-state index contributed by atoms with van der Waals surface area (Å²) in [6, 6.07) is 0. The van der Waals surface area contributed by atoms with Crippen LogP contribution in [0.4, 0.5) is 0 Å². The van der Waals surface area contributed by atoms with Crippen LogP contribution in [0.1, 0.15) is 59.8 Å². The van der Waals surface area contributed by atoms with Gasteiger partial charge >= 0.3 is 0 Å². The second kappa shape index (κ2) is 4.53. The Morgan fingerprint density at radius 1 is 1.19 bits per heavy atom. The molecule has 2 unspecified atom stereocenters. The van der Waals surface area contributed by atoms with Crippen molar-refractivity contribution in [2.24, 2.45) is 11.8 Å². The Balaban J connectivity index is 1.99. The molecule has 0 bridgehead atoms. The molecule has 0 radical (unpaired) electrons. The molecule has 2 fully saturated rings. The van der Waals surface area contributed by atoms with Crippen LogP contribution in [0.5, 0.6) is 0 Å². The maximum absolute atomic E-state index is 3.91. The molecule has 94 valence electrons. The Hall–Kier alpha value is 0.310. The van der Waals surface area contributed by atoms with Crippen molar-refractivity contribution in [3.63, 3.8) is 0 Å². The molecule has 1 saturated heterocycles. The molecule has 1 heterocycles. The van der Waals surface area contributed by atoms with E-state index < -0.39 is 0 Å². The van der Waals surface area contributed by atoms with E-state index in [0.717, 1.165) is 11.8 Å². The normalized spacial score (nSPS) is 39.2. The molecule has 0 amide bonds. The molecule has 1 aliphatic carbocycles. The van der Waals surface area contributed by atoms with E-state index in [1.54, 1.807) is 0 Å². The maximum Gasteiger partial charge on any atom is 0.0650 e. The molecule has 2 atom stereocenters. The zero-order chi connectivity index (χ0) is 11.8. The van der Waals surface area contributed by atoms with E-state index in [1.807, 2.05) is 0 Å². The lowest BCUT2D eigenvalue weighted by Crippen LogP contribution is -2.46. The van der Waals surface area contributed by atoms with Crippen LogP contribution in [0.15, 0.2) is 0 Å². The maximum atomic E-state index is 3.91. The number of thioether (sulfide) groups is 1. The van der Waals surface area contributed by atoms with Gasteiger partial charge in [-0.2, -0.15) is 0 Å². The molecule has 1 saturated carbocycles. The van der Waals surface area contributed by atoms with Gasteiger partial charge in [0.15, 0.2) is 0 Å². The molecular weight excluding hydrogens is 214 g/mol. The van der Waals surface area contributed by atoms with E-state index in [2.05, 4.69) is 44.8 Å². The van der Waals surface area contributed by atoms with Crippen molar-refractivity contribution in [3.05, 3.63) is 0 Å². The molecule has 0 aromatic carbocycles. The lowest BCUT2D eigenvalue weighted by Gasteiger charge is -2.31. The average Bonchev–Trinajstić information content (AvgIpc) is 2.37. The monoisotopic (exact) mass is 241 g/mol.